The lowest BCUT2D eigenvalue weighted by Crippen LogP contribution is -2.22. The second-order valence-corrected chi connectivity index (χ2v) is 5.69. The summed E-state index contributed by atoms with van der Waals surface area (Å²) in [4.78, 5) is 0. The minimum Gasteiger partial charge on any atom is -0.311 e. The number of aromatic nitrogens is 2. The fraction of sp³-hybridized carbons (Fsp3) is 0.500. The summed E-state index contributed by atoms with van der Waals surface area (Å²) in [6.45, 7) is 9.57. The number of rotatable bonds is 6. The highest BCUT2D eigenvalue weighted by atomic mass is 15.3. The van der Waals surface area contributed by atoms with Gasteiger partial charge in [-0.05, 0) is 63.4 Å². The van der Waals surface area contributed by atoms with Crippen molar-refractivity contribution < 1.29 is 0 Å². The van der Waals surface area contributed by atoms with Crippen molar-refractivity contribution in [2.45, 2.75) is 53.1 Å². The summed E-state index contributed by atoms with van der Waals surface area (Å²) in [6, 6.07) is 9.30. The van der Waals surface area contributed by atoms with Crippen LogP contribution < -0.4 is 5.32 Å². The van der Waals surface area contributed by atoms with Crippen molar-refractivity contribution in [2.24, 2.45) is 0 Å². The molecule has 1 N–H and O–H groups in total. The van der Waals surface area contributed by atoms with E-state index in [1.165, 1.54) is 28.1 Å². The Morgan fingerprint density at radius 2 is 1.90 bits per heavy atom. The maximum absolute atomic E-state index is 4.67. The summed E-state index contributed by atoms with van der Waals surface area (Å²) in [5.74, 6) is 0. The zero-order valence-corrected chi connectivity index (χ0v) is 13.9. The van der Waals surface area contributed by atoms with Crippen molar-refractivity contribution >= 4 is 0 Å². The summed E-state index contributed by atoms with van der Waals surface area (Å²) < 4.78 is 2.13. The molecule has 1 heterocycles. The maximum atomic E-state index is 4.67. The number of benzene rings is 1. The molecule has 0 aliphatic carbocycles. The zero-order valence-electron chi connectivity index (χ0n) is 13.9. The van der Waals surface area contributed by atoms with Crippen molar-refractivity contribution in [1.82, 2.24) is 15.1 Å². The van der Waals surface area contributed by atoms with Crippen molar-refractivity contribution in [1.29, 1.82) is 0 Å². The fourth-order valence-corrected chi connectivity index (χ4v) is 2.71. The van der Waals surface area contributed by atoms with Gasteiger partial charge in [0.1, 0.15) is 0 Å². The van der Waals surface area contributed by atoms with E-state index in [0.717, 1.165) is 19.4 Å². The Morgan fingerprint density at radius 1 is 1.14 bits per heavy atom. The molecule has 0 radical (unpaired) electrons. The van der Waals surface area contributed by atoms with Gasteiger partial charge in [-0.15, -0.1) is 0 Å². The average molecular weight is 285 g/mol. The van der Waals surface area contributed by atoms with Crippen LogP contribution in [0, 0.1) is 13.8 Å². The van der Waals surface area contributed by atoms with Crippen LogP contribution in [0.3, 0.4) is 0 Å². The first kappa shape index (κ1) is 15.8. The van der Waals surface area contributed by atoms with Crippen LogP contribution in [0.2, 0.25) is 0 Å². The van der Waals surface area contributed by atoms with E-state index in [2.05, 4.69) is 67.1 Å². The zero-order chi connectivity index (χ0) is 15.4. The number of aryl methyl sites for hydroxylation is 4. The van der Waals surface area contributed by atoms with E-state index in [9.17, 15) is 0 Å². The smallest absolute Gasteiger partial charge is 0.0625 e. The average Bonchev–Trinajstić information content (AvgIpc) is 2.91. The topological polar surface area (TPSA) is 29.9 Å². The molecule has 0 bridgehead atoms. The van der Waals surface area contributed by atoms with Crippen LogP contribution >= 0.6 is 0 Å². The Morgan fingerprint density at radius 3 is 2.48 bits per heavy atom. The van der Waals surface area contributed by atoms with Crippen LogP contribution in [0.15, 0.2) is 24.3 Å². The molecule has 21 heavy (non-hydrogen) atoms. The number of hydrogen-bond acceptors (Lipinski definition) is 2. The Hall–Kier alpha value is -1.61. The molecule has 1 aromatic heterocycles. The second kappa shape index (κ2) is 6.90. The first-order chi connectivity index (χ1) is 10.1. The molecule has 114 valence electrons. The van der Waals surface area contributed by atoms with Crippen molar-refractivity contribution in [2.75, 3.05) is 7.05 Å². The van der Waals surface area contributed by atoms with E-state index < -0.39 is 0 Å². The van der Waals surface area contributed by atoms with E-state index in [4.69, 9.17) is 0 Å². The lowest BCUT2D eigenvalue weighted by molar-refractivity contribution is 0.512. The Balaban J connectivity index is 2.26. The minimum absolute atomic E-state index is 0.305. The molecule has 0 aliphatic heterocycles. The summed E-state index contributed by atoms with van der Waals surface area (Å²) in [5, 5.41) is 8.12. The highest BCUT2D eigenvalue weighted by Gasteiger charge is 2.16. The number of nitrogens with zero attached hydrogens (tertiary/aromatic N) is 2. The van der Waals surface area contributed by atoms with Gasteiger partial charge in [-0.2, -0.15) is 5.10 Å². The second-order valence-electron chi connectivity index (χ2n) is 5.69. The first-order valence-corrected chi connectivity index (χ1v) is 7.89. The van der Waals surface area contributed by atoms with E-state index in [0.29, 0.717) is 6.04 Å². The maximum Gasteiger partial charge on any atom is 0.0625 e. The van der Waals surface area contributed by atoms with Gasteiger partial charge in [0.05, 0.1) is 17.4 Å². The molecule has 3 heteroatoms. The van der Waals surface area contributed by atoms with Gasteiger partial charge in [-0.1, -0.05) is 25.1 Å². The molecule has 2 aromatic rings. The molecule has 3 nitrogen and oxygen atoms in total. The highest BCUT2D eigenvalue weighted by molar-refractivity contribution is 5.31. The summed E-state index contributed by atoms with van der Waals surface area (Å²) in [5.41, 5.74) is 6.55. The monoisotopic (exact) mass is 285 g/mol. The van der Waals surface area contributed by atoms with Gasteiger partial charge in [0.15, 0.2) is 0 Å². The van der Waals surface area contributed by atoms with Crippen LogP contribution in [0.4, 0.5) is 0 Å². The summed E-state index contributed by atoms with van der Waals surface area (Å²) in [6.07, 6.45) is 1.98. The minimum atomic E-state index is 0.305. The molecule has 0 aliphatic rings. The van der Waals surface area contributed by atoms with Gasteiger partial charge in [-0.3, -0.25) is 4.68 Å². The van der Waals surface area contributed by atoms with Crippen LogP contribution in [0.5, 0.6) is 0 Å². The first-order valence-electron chi connectivity index (χ1n) is 7.89. The number of nitrogens with one attached hydrogen (secondary N) is 1. The van der Waals surface area contributed by atoms with Crippen LogP contribution in [0.1, 0.15) is 48.0 Å². The predicted octanol–water partition coefficient (Wildman–Crippen LogP) is 3.59. The SMILES string of the molecule is CCc1cc(C(Cc2ccc(C)c(C)c2)NC)n(CC)n1. The third-order valence-corrected chi connectivity index (χ3v) is 4.24. The summed E-state index contributed by atoms with van der Waals surface area (Å²) in [7, 11) is 2.03. The highest BCUT2D eigenvalue weighted by Crippen LogP contribution is 2.21. The largest absolute Gasteiger partial charge is 0.311 e. The van der Waals surface area contributed by atoms with Gasteiger partial charge in [-0.25, -0.2) is 0 Å². The van der Waals surface area contributed by atoms with E-state index in [1.54, 1.807) is 0 Å². The molecular formula is C18H27N3. The van der Waals surface area contributed by atoms with Crippen LogP contribution in [-0.2, 0) is 19.4 Å². The lowest BCUT2D eigenvalue weighted by atomic mass is 9.99. The van der Waals surface area contributed by atoms with Gasteiger partial charge in [0.2, 0.25) is 0 Å². The molecule has 2 rings (SSSR count). The molecule has 1 aromatic carbocycles. The Bertz CT molecular complexity index is 599. The van der Waals surface area contributed by atoms with Gasteiger partial charge in [0.25, 0.3) is 0 Å². The van der Waals surface area contributed by atoms with Crippen LogP contribution in [0.25, 0.3) is 0 Å². The van der Waals surface area contributed by atoms with Gasteiger partial charge >= 0.3 is 0 Å². The standard InChI is InChI=1S/C18H27N3/c1-6-16-12-18(21(7-2)20-16)17(19-5)11-15-9-8-13(3)14(4)10-15/h8-10,12,17,19H,6-7,11H2,1-5H3. The van der Waals surface area contributed by atoms with Gasteiger partial charge in [0, 0.05) is 6.54 Å². The molecule has 1 unspecified atom stereocenters. The molecule has 0 spiro atoms. The fourth-order valence-electron chi connectivity index (χ4n) is 2.71. The molecule has 0 saturated heterocycles. The molecule has 0 amide bonds. The third kappa shape index (κ3) is 3.53. The third-order valence-electron chi connectivity index (χ3n) is 4.24. The molecule has 1 atom stereocenters. The van der Waals surface area contributed by atoms with Crippen molar-refractivity contribution in [3.63, 3.8) is 0 Å². The number of hydrogen-bond donors (Lipinski definition) is 1. The molecule has 0 saturated carbocycles. The molecular weight excluding hydrogens is 258 g/mol. The van der Waals surface area contributed by atoms with Gasteiger partial charge < -0.3 is 5.32 Å². The predicted molar refractivity (Wildman–Crippen MR) is 88.7 cm³/mol. The van der Waals surface area contributed by atoms with E-state index in [-0.39, 0.29) is 0 Å². The number of likely N-dealkylation sites (N-methyl/N-ethyl adjacent to an activating group) is 1. The molecule has 0 fully saturated rings. The van der Waals surface area contributed by atoms with E-state index in [1.807, 2.05) is 7.05 Å². The lowest BCUT2D eigenvalue weighted by Gasteiger charge is -2.18. The van der Waals surface area contributed by atoms with Crippen molar-refractivity contribution in [3.05, 3.63) is 52.3 Å². The van der Waals surface area contributed by atoms with Crippen LogP contribution in [-0.4, -0.2) is 16.8 Å². The summed E-state index contributed by atoms with van der Waals surface area (Å²) >= 11 is 0. The normalized spacial score (nSPS) is 12.6. The van der Waals surface area contributed by atoms with E-state index >= 15 is 0 Å². The van der Waals surface area contributed by atoms with Crippen molar-refractivity contribution in [3.8, 4) is 0 Å². The quantitative estimate of drug-likeness (QED) is 0.879. The Kier molecular flexibility index (Phi) is 5.18. The Labute approximate surface area is 128 Å².